The Labute approximate surface area is 103 Å². The minimum Gasteiger partial charge on any atom is -0.379 e. The molecule has 0 spiro atoms. The Hall–Kier alpha value is -1.29. The van der Waals surface area contributed by atoms with E-state index in [-0.39, 0.29) is 0 Å². The first-order chi connectivity index (χ1) is 8.37. The molecule has 0 aliphatic rings. The van der Waals surface area contributed by atoms with E-state index >= 15 is 0 Å². The van der Waals surface area contributed by atoms with Crippen molar-refractivity contribution in [3.63, 3.8) is 0 Å². The van der Waals surface area contributed by atoms with Crippen molar-refractivity contribution in [2.24, 2.45) is 0 Å². The number of aliphatic hydroxyl groups excluding tert-OH is 1. The first-order valence-corrected chi connectivity index (χ1v) is 6.02. The lowest BCUT2D eigenvalue weighted by molar-refractivity contribution is -0.206. The van der Waals surface area contributed by atoms with Gasteiger partial charge in [-0.1, -0.05) is 12.1 Å². The SMILES string of the molecule is O=S(=O)(c1ccc([C@@H](O)C(F)(F)F)cc1)C(F)(F)F. The zero-order valence-corrected chi connectivity index (χ0v) is 9.64. The first-order valence-electron chi connectivity index (χ1n) is 4.53. The van der Waals surface area contributed by atoms with Crippen LogP contribution in [0, 0.1) is 0 Å². The molecule has 0 aliphatic heterocycles. The lowest BCUT2D eigenvalue weighted by Gasteiger charge is -2.15. The van der Waals surface area contributed by atoms with Crippen LogP contribution in [0.1, 0.15) is 11.7 Å². The van der Waals surface area contributed by atoms with Crippen molar-refractivity contribution in [2.75, 3.05) is 0 Å². The topological polar surface area (TPSA) is 54.4 Å². The van der Waals surface area contributed by atoms with Gasteiger partial charge in [-0.15, -0.1) is 0 Å². The molecule has 3 nitrogen and oxygen atoms in total. The zero-order chi connectivity index (χ0) is 15.1. The molecule has 1 atom stereocenters. The lowest BCUT2D eigenvalue weighted by Crippen LogP contribution is -2.23. The van der Waals surface area contributed by atoms with Gasteiger partial charge in [0.15, 0.2) is 6.10 Å². The molecule has 0 saturated heterocycles. The van der Waals surface area contributed by atoms with E-state index in [9.17, 15) is 34.8 Å². The van der Waals surface area contributed by atoms with E-state index in [1.165, 1.54) is 0 Å². The summed E-state index contributed by atoms with van der Waals surface area (Å²) in [6, 6.07) is 1.65. The van der Waals surface area contributed by atoms with Crippen LogP contribution < -0.4 is 0 Å². The van der Waals surface area contributed by atoms with E-state index in [4.69, 9.17) is 5.11 Å². The minimum atomic E-state index is -5.62. The van der Waals surface area contributed by atoms with Crippen molar-refractivity contribution in [2.45, 2.75) is 22.7 Å². The maximum absolute atomic E-state index is 12.2. The maximum atomic E-state index is 12.2. The molecule has 1 N–H and O–H groups in total. The van der Waals surface area contributed by atoms with Crippen molar-refractivity contribution in [1.29, 1.82) is 0 Å². The monoisotopic (exact) mass is 308 g/mol. The lowest BCUT2D eigenvalue weighted by atomic mass is 10.1. The summed E-state index contributed by atoms with van der Waals surface area (Å²) in [5.41, 5.74) is -6.30. The minimum absolute atomic E-state index is 0.354. The highest BCUT2D eigenvalue weighted by molar-refractivity contribution is 7.92. The molecular formula is C9H6F6O3S. The fourth-order valence-corrected chi connectivity index (χ4v) is 1.91. The fourth-order valence-electron chi connectivity index (χ4n) is 1.15. The summed E-state index contributed by atoms with van der Waals surface area (Å²) in [6.45, 7) is 0. The Balaban J connectivity index is 3.15. The van der Waals surface area contributed by atoms with Crippen LogP contribution in [0.2, 0.25) is 0 Å². The van der Waals surface area contributed by atoms with Gasteiger partial charge in [0.1, 0.15) is 0 Å². The average molecular weight is 308 g/mol. The fraction of sp³-hybridized carbons (Fsp3) is 0.333. The Morgan fingerprint density at radius 2 is 1.37 bits per heavy atom. The smallest absolute Gasteiger partial charge is 0.379 e. The number of alkyl halides is 6. The van der Waals surface area contributed by atoms with Crippen LogP contribution in [0.15, 0.2) is 29.2 Å². The van der Waals surface area contributed by atoms with Crippen molar-refractivity contribution in [1.82, 2.24) is 0 Å². The highest BCUT2D eigenvalue weighted by Crippen LogP contribution is 2.34. The van der Waals surface area contributed by atoms with Gasteiger partial charge in [-0.25, -0.2) is 8.42 Å². The van der Waals surface area contributed by atoms with Gasteiger partial charge in [-0.3, -0.25) is 0 Å². The molecule has 0 aliphatic carbocycles. The Kier molecular flexibility index (Phi) is 3.88. The molecule has 1 aromatic rings. The number of sulfone groups is 1. The second-order valence-corrected chi connectivity index (χ2v) is 5.40. The second-order valence-electron chi connectivity index (χ2n) is 3.46. The van der Waals surface area contributed by atoms with Crippen LogP contribution in [0.5, 0.6) is 0 Å². The van der Waals surface area contributed by atoms with Crippen LogP contribution in [0.3, 0.4) is 0 Å². The predicted octanol–water partition coefficient (Wildman–Crippen LogP) is 2.58. The molecular weight excluding hydrogens is 302 g/mol. The van der Waals surface area contributed by atoms with Gasteiger partial charge in [0, 0.05) is 0 Å². The van der Waals surface area contributed by atoms with Crippen molar-refractivity contribution in [3.8, 4) is 0 Å². The molecule has 0 saturated carbocycles. The van der Waals surface area contributed by atoms with Crippen molar-refractivity contribution >= 4 is 9.84 Å². The molecule has 1 aromatic carbocycles. The second kappa shape index (κ2) is 4.67. The van der Waals surface area contributed by atoms with Crippen LogP contribution >= 0.6 is 0 Å². The number of hydrogen-bond acceptors (Lipinski definition) is 3. The van der Waals surface area contributed by atoms with Gasteiger partial charge in [0.05, 0.1) is 4.90 Å². The molecule has 0 amide bonds. The van der Waals surface area contributed by atoms with Gasteiger partial charge < -0.3 is 5.11 Å². The zero-order valence-electron chi connectivity index (χ0n) is 8.83. The number of hydrogen-bond donors (Lipinski definition) is 1. The molecule has 0 heterocycles. The van der Waals surface area contributed by atoms with E-state index < -0.39 is 38.1 Å². The average Bonchev–Trinajstić information content (AvgIpc) is 2.25. The molecule has 0 fully saturated rings. The molecule has 1 rings (SSSR count). The summed E-state index contributed by atoms with van der Waals surface area (Å²) in [5.74, 6) is 0. The Morgan fingerprint density at radius 3 is 1.68 bits per heavy atom. The van der Waals surface area contributed by atoms with Gasteiger partial charge in [0.25, 0.3) is 9.84 Å². The van der Waals surface area contributed by atoms with Gasteiger partial charge in [-0.05, 0) is 17.7 Å². The number of rotatable bonds is 2. The van der Waals surface area contributed by atoms with Gasteiger partial charge in [0.2, 0.25) is 0 Å². The third kappa shape index (κ3) is 3.18. The van der Waals surface area contributed by atoms with Gasteiger partial charge in [-0.2, -0.15) is 26.3 Å². The van der Waals surface area contributed by atoms with E-state index in [0.29, 0.717) is 24.3 Å². The summed E-state index contributed by atoms with van der Waals surface area (Å²) in [6.07, 6.45) is -7.89. The third-order valence-corrected chi connectivity index (χ3v) is 3.62. The van der Waals surface area contributed by atoms with Crippen LogP contribution in [-0.4, -0.2) is 25.2 Å². The van der Waals surface area contributed by atoms with Crippen molar-refractivity contribution in [3.05, 3.63) is 29.8 Å². The molecule has 0 bridgehead atoms. The molecule has 108 valence electrons. The van der Waals surface area contributed by atoms with E-state index in [0.717, 1.165) is 0 Å². The number of benzene rings is 1. The van der Waals surface area contributed by atoms with E-state index in [1.807, 2.05) is 0 Å². The normalized spacial score (nSPS) is 15.3. The number of aliphatic hydroxyl groups is 1. The molecule has 10 heteroatoms. The largest absolute Gasteiger partial charge is 0.501 e. The van der Waals surface area contributed by atoms with Crippen LogP contribution in [0.25, 0.3) is 0 Å². The summed E-state index contributed by atoms with van der Waals surface area (Å²) >= 11 is 0. The summed E-state index contributed by atoms with van der Waals surface area (Å²) < 4.78 is 94.6. The number of halogens is 6. The summed E-state index contributed by atoms with van der Waals surface area (Å²) in [4.78, 5) is -1.20. The predicted molar refractivity (Wildman–Crippen MR) is 50.7 cm³/mol. The third-order valence-electron chi connectivity index (χ3n) is 2.12. The standard InChI is InChI=1S/C9H6F6O3S/c10-8(11,12)7(16)5-1-3-6(4-2-5)19(17,18)9(13,14)15/h1-4,7,16H/t7-/m1/s1. The molecule has 19 heavy (non-hydrogen) atoms. The van der Waals surface area contributed by atoms with Gasteiger partial charge >= 0.3 is 11.7 Å². The van der Waals surface area contributed by atoms with Crippen LogP contribution in [0.4, 0.5) is 26.3 Å². The summed E-state index contributed by atoms with van der Waals surface area (Å²) in [5, 5.41) is 8.81. The van der Waals surface area contributed by atoms with Crippen LogP contribution in [-0.2, 0) is 9.84 Å². The molecule has 0 unspecified atom stereocenters. The van der Waals surface area contributed by atoms with E-state index in [2.05, 4.69) is 0 Å². The highest BCUT2D eigenvalue weighted by Gasteiger charge is 2.47. The molecule has 0 aromatic heterocycles. The molecule has 0 radical (unpaired) electrons. The van der Waals surface area contributed by atoms with E-state index in [1.54, 1.807) is 0 Å². The first kappa shape index (κ1) is 15.8. The summed E-state index contributed by atoms with van der Waals surface area (Å²) in [7, 11) is -5.62. The Morgan fingerprint density at radius 1 is 0.947 bits per heavy atom. The highest BCUT2D eigenvalue weighted by atomic mass is 32.2. The van der Waals surface area contributed by atoms with Crippen molar-refractivity contribution < 1.29 is 39.9 Å². The Bertz CT molecular complexity index is 543. The quantitative estimate of drug-likeness (QED) is 0.854. The maximum Gasteiger partial charge on any atom is 0.501 e.